The van der Waals surface area contributed by atoms with Gasteiger partial charge >= 0.3 is 0 Å². The molecule has 0 spiro atoms. The van der Waals surface area contributed by atoms with E-state index in [0.29, 0.717) is 0 Å². The van der Waals surface area contributed by atoms with Gasteiger partial charge in [-0.25, -0.2) is 0 Å². The molecule has 2 atom stereocenters. The van der Waals surface area contributed by atoms with E-state index in [-0.39, 0.29) is 0 Å². The molecule has 0 aromatic heterocycles. The van der Waals surface area contributed by atoms with Crippen molar-refractivity contribution in [3.63, 3.8) is 0 Å². The maximum absolute atomic E-state index is 3.74. The summed E-state index contributed by atoms with van der Waals surface area (Å²) in [4.78, 5) is 2.79. The highest BCUT2D eigenvalue weighted by molar-refractivity contribution is 5.02. The number of hydrogen-bond donors (Lipinski definition) is 1. The van der Waals surface area contributed by atoms with Crippen molar-refractivity contribution in [3.8, 4) is 0 Å². The molecule has 98 valence electrons. The van der Waals surface area contributed by atoms with Crippen molar-refractivity contribution in [1.29, 1.82) is 0 Å². The summed E-state index contributed by atoms with van der Waals surface area (Å²) in [6, 6.07) is 2.23. The number of nitrogens with zero attached hydrogens (tertiary/aromatic N) is 1. The van der Waals surface area contributed by atoms with Gasteiger partial charge in [-0.05, 0) is 25.2 Å². The quantitative estimate of drug-likeness (QED) is 0.755. The Labute approximate surface area is 106 Å². The monoisotopic (exact) mass is 236 g/mol. The zero-order valence-electron chi connectivity index (χ0n) is 11.7. The van der Waals surface area contributed by atoms with Gasteiger partial charge in [0, 0.05) is 31.2 Å². The van der Waals surface area contributed by atoms with E-state index >= 15 is 0 Å². The van der Waals surface area contributed by atoms with E-state index in [1.807, 2.05) is 0 Å². The first-order valence-electron chi connectivity index (χ1n) is 7.36. The normalized spacial score (nSPS) is 31.5. The molecule has 1 heterocycles. The predicted octanol–water partition coefficient (Wildman–Crippen LogP) is 2.80. The van der Waals surface area contributed by atoms with Crippen molar-refractivity contribution in [2.45, 2.75) is 64.6 Å². The van der Waals surface area contributed by atoms with Gasteiger partial charge in [-0.1, -0.05) is 39.3 Å². The Hall–Kier alpha value is -0.340. The second-order valence-electron chi connectivity index (χ2n) is 6.00. The Bertz CT molecular complexity index is 252. The fraction of sp³-hybridized carbons (Fsp3) is 0.867. The van der Waals surface area contributed by atoms with E-state index in [1.165, 1.54) is 38.8 Å². The molecule has 1 fully saturated rings. The van der Waals surface area contributed by atoms with E-state index in [0.717, 1.165) is 24.0 Å². The largest absolute Gasteiger partial charge is 0.311 e. The fourth-order valence-corrected chi connectivity index (χ4v) is 3.31. The summed E-state index contributed by atoms with van der Waals surface area (Å²) in [5, 5.41) is 3.74. The molecule has 0 aromatic rings. The first-order chi connectivity index (χ1) is 8.22. The summed E-state index contributed by atoms with van der Waals surface area (Å²) in [6.45, 7) is 9.45. The van der Waals surface area contributed by atoms with Crippen LogP contribution in [-0.4, -0.2) is 36.1 Å². The van der Waals surface area contributed by atoms with Crippen LogP contribution >= 0.6 is 0 Å². The van der Waals surface area contributed by atoms with Crippen molar-refractivity contribution >= 4 is 0 Å². The second kappa shape index (κ2) is 6.01. The maximum Gasteiger partial charge on any atom is 0.0247 e. The minimum Gasteiger partial charge on any atom is -0.311 e. The Kier molecular flexibility index (Phi) is 4.63. The van der Waals surface area contributed by atoms with Crippen LogP contribution in [0.3, 0.4) is 0 Å². The highest BCUT2D eigenvalue weighted by atomic mass is 15.3. The predicted molar refractivity (Wildman–Crippen MR) is 74.2 cm³/mol. The van der Waals surface area contributed by atoms with Gasteiger partial charge in [-0.15, -0.1) is 0 Å². The van der Waals surface area contributed by atoms with E-state index in [4.69, 9.17) is 0 Å². The van der Waals surface area contributed by atoms with Gasteiger partial charge in [0.1, 0.15) is 0 Å². The van der Waals surface area contributed by atoms with Crippen molar-refractivity contribution in [3.05, 3.63) is 12.2 Å². The number of rotatable bonds is 4. The maximum atomic E-state index is 3.74. The standard InChI is InChI=1S/C15H28N2/c1-4-7-13-11-17(14-8-5-6-9-14)15(10-16-13)12(2)3/h5-6,12-16H,4,7-11H2,1-3H3. The van der Waals surface area contributed by atoms with Gasteiger partial charge in [0.15, 0.2) is 0 Å². The second-order valence-corrected chi connectivity index (χ2v) is 6.00. The summed E-state index contributed by atoms with van der Waals surface area (Å²) < 4.78 is 0. The summed E-state index contributed by atoms with van der Waals surface area (Å²) in [5.74, 6) is 0.755. The fourth-order valence-electron chi connectivity index (χ4n) is 3.31. The van der Waals surface area contributed by atoms with Crippen LogP contribution in [0, 0.1) is 5.92 Å². The molecule has 1 saturated heterocycles. The Morgan fingerprint density at radius 2 is 2.00 bits per heavy atom. The molecule has 0 bridgehead atoms. The van der Waals surface area contributed by atoms with Crippen molar-refractivity contribution < 1.29 is 0 Å². The van der Waals surface area contributed by atoms with Gasteiger partial charge in [-0.2, -0.15) is 0 Å². The molecule has 0 saturated carbocycles. The number of piperazine rings is 1. The molecule has 2 unspecified atom stereocenters. The van der Waals surface area contributed by atoms with Gasteiger partial charge in [0.05, 0.1) is 0 Å². The van der Waals surface area contributed by atoms with E-state index < -0.39 is 0 Å². The smallest absolute Gasteiger partial charge is 0.0247 e. The summed E-state index contributed by atoms with van der Waals surface area (Å²) >= 11 is 0. The van der Waals surface area contributed by atoms with Gasteiger partial charge in [-0.3, -0.25) is 4.90 Å². The topological polar surface area (TPSA) is 15.3 Å². The molecule has 0 radical (unpaired) electrons. The Morgan fingerprint density at radius 1 is 1.29 bits per heavy atom. The lowest BCUT2D eigenvalue weighted by Crippen LogP contribution is -2.60. The molecular formula is C15H28N2. The average Bonchev–Trinajstić information content (AvgIpc) is 2.82. The molecule has 2 rings (SSSR count). The van der Waals surface area contributed by atoms with E-state index in [9.17, 15) is 0 Å². The van der Waals surface area contributed by atoms with Gasteiger partial charge < -0.3 is 5.32 Å². The van der Waals surface area contributed by atoms with E-state index in [2.05, 4.69) is 43.1 Å². The highest BCUT2D eigenvalue weighted by Crippen LogP contribution is 2.25. The molecule has 1 aliphatic heterocycles. The third-order valence-corrected chi connectivity index (χ3v) is 4.33. The van der Waals surface area contributed by atoms with Crippen LogP contribution < -0.4 is 5.32 Å². The Morgan fingerprint density at radius 3 is 2.59 bits per heavy atom. The lowest BCUT2D eigenvalue weighted by atomic mass is 9.94. The minimum absolute atomic E-state index is 0.718. The zero-order valence-corrected chi connectivity index (χ0v) is 11.7. The number of nitrogens with one attached hydrogen (secondary N) is 1. The van der Waals surface area contributed by atoms with Crippen LogP contribution in [-0.2, 0) is 0 Å². The third kappa shape index (κ3) is 3.11. The van der Waals surface area contributed by atoms with E-state index in [1.54, 1.807) is 0 Å². The molecule has 0 aromatic carbocycles. The van der Waals surface area contributed by atoms with Crippen LogP contribution in [0.4, 0.5) is 0 Å². The molecule has 17 heavy (non-hydrogen) atoms. The summed E-state index contributed by atoms with van der Waals surface area (Å²) in [7, 11) is 0. The average molecular weight is 236 g/mol. The molecule has 2 heteroatoms. The van der Waals surface area contributed by atoms with Crippen LogP contribution in [0.1, 0.15) is 46.5 Å². The van der Waals surface area contributed by atoms with Gasteiger partial charge in [0.25, 0.3) is 0 Å². The van der Waals surface area contributed by atoms with Crippen LogP contribution in [0.15, 0.2) is 12.2 Å². The molecule has 0 amide bonds. The van der Waals surface area contributed by atoms with Crippen LogP contribution in [0.2, 0.25) is 0 Å². The minimum atomic E-state index is 0.718. The first-order valence-corrected chi connectivity index (χ1v) is 7.36. The molecule has 1 N–H and O–H groups in total. The van der Waals surface area contributed by atoms with Crippen molar-refractivity contribution in [2.75, 3.05) is 13.1 Å². The zero-order chi connectivity index (χ0) is 12.3. The summed E-state index contributed by atoms with van der Waals surface area (Å²) in [5.41, 5.74) is 0. The first kappa shape index (κ1) is 13.1. The summed E-state index contributed by atoms with van der Waals surface area (Å²) in [6.07, 6.45) is 9.87. The highest BCUT2D eigenvalue weighted by Gasteiger charge is 2.33. The van der Waals surface area contributed by atoms with Gasteiger partial charge in [0.2, 0.25) is 0 Å². The number of hydrogen-bond acceptors (Lipinski definition) is 2. The molecule has 2 aliphatic rings. The molecule has 1 aliphatic carbocycles. The molecular weight excluding hydrogens is 208 g/mol. The lowest BCUT2D eigenvalue weighted by molar-refractivity contribution is 0.0579. The van der Waals surface area contributed by atoms with Crippen LogP contribution in [0.25, 0.3) is 0 Å². The Balaban J connectivity index is 1.99. The van der Waals surface area contributed by atoms with Crippen molar-refractivity contribution in [1.82, 2.24) is 10.2 Å². The van der Waals surface area contributed by atoms with Crippen LogP contribution in [0.5, 0.6) is 0 Å². The SMILES string of the molecule is CCCC1CN(C2CC=CC2)C(C(C)C)CN1. The van der Waals surface area contributed by atoms with Crippen molar-refractivity contribution in [2.24, 2.45) is 5.92 Å². The third-order valence-electron chi connectivity index (χ3n) is 4.33. The lowest BCUT2D eigenvalue weighted by Gasteiger charge is -2.45. The molecule has 2 nitrogen and oxygen atoms in total.